The molecule has 0 spiro atoms. The molecular weight excluding hydrogens is 228 g/mol. The fraction of sp³-hybridized carbons (Fsp3) is 0.214. The van der Waals surface area contributed by atoms with E-state index in [0.717, 1.165) is 23.4 Å². The number of carbonyl (C=O) groups excluding carboxylic acids is 1. The van der Waals surface area contributed by atoms with Crippen LogP contribution in [0.3, 0.4) is 0 Å². The Morgan fingerprint density at radius 1 is 1.22 bits per heavy atom. The number of para-hydroxylation sites is 1. The van der Waals surface area contributed by atoms with E-state index in [-0.39, 0.29) is 6.03 Å². The Labute approximate surface area is 106 Å². The normalized spacial score (nSPS) is 10.1. The first-order valence-corrected chi connectivity index (χ1v) is 5.94. The Bertz CT molecular complexity index is 506. The second-order valence-electron chi connectivity index (χ2n) is 3.90. The van der Waals surface area contributed by atoms with Crippen molar-refractivity contribution in [1.29, 1.82) is 0 Å². The maximum atomic E-state index is 11.7. The Balaban J connectivity index is 1.90. The van der Waals surface area contributed by atoms with Crippen LogP contribution in [0.1, 0.15) is 18.2 Å². The Hall–Kier alpha value is -2.23. The van der Waals surface area contributed by atoms with Gasteiger partial charge in [0.1, 0.15) is 5.76 Å². The third-order valence-electron chi connectivity index (χ3n) is 2.65. The Morgan fingerprint density at radius 2 is 2.06 bits per heavy atom. The second-order valence-corrected chi connectivity index (χ2v) is 3.90. The quantitative estimate of drug-likeness (QED) is 0.868. The average molecular weight is 244 g/mol. The number of benzene rings is 1. The zero-order valence-electron chi connectivity index (χ0n) is 10.3. The number of anilines is 1. The van der Waals surface area contributed by atoms with Gasteiger partial charge >= 0.3 is 6.03 Å². The fourth-order valence-corrected chi connectivity index (χ4v) is 1.70. The van der Waals surface area contributed by atoms with E-state index >= 15 is 0 Å². The van der Waals surface area contributed by atoms with Crippen LogP contribution in [0.15, 0.2) is 47.1 Å². The summed E-state index contributed by atoms with van der Waals surface area (Å²) in [5.74, 6) is 0.730. The molecule has 0 unspecified atom stereocenters. The van der Waals surface area contributed by atoms with Crippen molar-refractivity contribution in [3.05, 3.63) is 54.0 Å². The van der Waals surface area contributed by atoms with Crippen molar-refractivity contribution in [2.75, 3.05) is 5.32 Å². The highest BCUT2D eigenvalue weighted by Crippen LogP contribution is 2.15. The van der Waals surface area contributed by atoms with Crippen molar-refractivity contribution >= 4 is 11.7 Å². The van der Waals surface area contributed by atoms with E-state index in [9.17, 15) is 4.79 Å². The maximum absolute atomic E-state index is 11.7. The minimum atomic E-state index is -0.229. The number of rotatable bonds is 4. The number of nitrogens with one attached hydrogen (secondary N) is 2. The van der Waals surface area contributed by atoms with Gasteiger partial charge in [0, 0.05) is 5.69 Å². The van der Waals surface area contributed by atoms with Gasteiger partial charge in [-0.05, 0) is 30.2 Å². The number of furan rings is 1. The van der Waals surface area contributed by atoms with E-state index in [1.54, 1.807) is 12.3 Å². The van der Waals surface area contributed by atoms with E-state index in [0.29, 0.717) is 6.54 Å². The highest BCUT2D eigenvalue weighted by Gasteiger charge is 2.05. The Morgan fingerprint density at radius 3 is 2.78 bits per heavy atom. The molecule has 4 nitrogen and oxygen atoms in total. The van der Waals surface area contributed by atoms with Crippen molar-refractivity contribution in [3.8, 4) is 0 Å². The number of carbonyl (C=O) groups is 1. The first-order valence-electron chi connectivity index (χ1n) is 5.94. The topological polar surface area (TPSA) is 54.3 Å². The summed E-state index contributed by atoms with van der Waals surface area (Å²) >= 11 is 0. The summed E-state index contributed by atoms with van der Waals surface area (Å²) in [5, 5.41) is 5.57. The molecule has 94 valence electrons. The van der Waals surface area contributed by atoms with E-state index in [1.165, 1.54) is 0 Å². The first-order chi connectivity index (χ1) is 8.79. The van der Waals surface area contributed by atoms with Gasteiger partial charge in [0.25, 0.3) is 0 Å². The van der Waals surface area contributed by atoms with Crippen LogP contribution in [0.4, 0.5) is 10.5 Å². The van der Waals surface area contributed by atoms with Crippen molar-refractivity contribution in [3.63, 3.8) is 0 Å². The third kappa shape index (κ3) is 3.13. The molecule has 0 fully saturated rings. The molecule has 2 aromatic rings. The summed E-state index contributed by atoms with van der Waals surface area (Å²) in [6, 6.07) is 11.1. The van der Waals surface area contributed by atoms with Crippen LogP contribution in [0.2, 0.25) is 0 Å². The van der Waals surface area contributed by atoms with E-state index in [2.05, 4.69) is 17.6 Å². The summed E-state index contributed by atoms with van der Waals surface area (Å²) in [6.07, 6.45) is 2.47. The van der Waals surface area contributed by atoms with Gasteiger partial charge < -0.3 is 15.1 Å². The number of hydrogen-bond donors (Lipinski definition) is 2. The third-order valence-corrected chi connectivity index (χ3v) is 2.65. The van der Waals surface area contributed by atoms with Crippen LogP contribution in [-0.4, -0.2) is 6.03 Å². The molecule has 4 heteroatoms. The fourth-order valence-electron chi connectivity index (χ4n) is 1.70. The number of urea groups is 1. The minimum Gasteiger partial charge on any atom is -0.467 e. The minimum absolute atomic E-state index is 0.229. The van der Waals surface area contributed by atoms with Crippen LogP contribution in [0, 0.1) is 0 Å². The second kappa shape index (κ2) is 5.91. The molecule has 0 saturated heterocycles. The molecule has 2 amide bonds. The van der Waals surface area contributed by atoms with E-state index in [1.807, 2.05) is 30.3 Å². The lowest BCUT2D eigenvalue weighted by Crippen LogP contribution is -2.28. The molecule has 0 aliphatic rings. The molecule has 1 aromatic carbocycles. The molecule has 1 heterocycles. The average Bonchev–Trinajstić information content (AvgIpc) is 2.90. The smallest absolute Gasteiger partial charge is 0.319 e. The van der Waals surface area contributed by atoms with Gasteiger partial charge in [-0.25, -0.2) is 4.79 Å². The van der Waals surface area contributed by atoms with Crippen molar-refractivity contribution in [2.45, 2.75) is 19.9 Å². The first kappa shape index (κ1) is 12.2. The highest BCUT2D eigenvalue weighted by atomic mass is 16.3. The number of aryl methyl sites for hydroxylation is 1. The van der Waals surface area contributed by atoms with Gasteiger partial charge in [0.15, 0.2) is 0 Å². The van der Waals surface area contributed by atoms with Crippen LogP contribution in [-0.2, 0) is 13.0 Å². The molecule has 0 atom stereocenters. The molecule has 0 aliphatic heterocycles. The maximum Gasteiger partial charge on any atom is 0.319 e. The summed E-state index contributed by atoms with van der Waals surface area (Å²) in [6.45, 7) is 2.44. The lowest BCUT2D eigenvalue weighted by atomic mass is 10.1. The number of hydrogen-bond acceptors (Lipinski definition) is 2. The monoisotopic (exact) mass is 244 g/mol. The van der Waals surface area contributed by atoms with Gasteiger partial charge in [0.2, 0.25) is 0 Å². The molecule has 0 radical (unpaired) electrons. The molecule has 0 saturated carbocycles. The van der Waals surface area contributed by atoms with E-state index < -0.39 is 0 Å². The molecule has 0 bridgehead atoms. The highest BCUT2D eigenvalue weighted by molar-refractivity contribution is 5.90. The van der Waals surface area contributed by atoms with Crippen LogP contribution >= 0.6 is 0 Å². The van der Waals surface area contributed by atoms with E-state index in [4.69, 9.17) is 4.42 Å². The lowest BCUT2D eigenvalue weighted by molar-refractivity contribution is 0.251. The standard InChI is InChI=1S/C14H16N2O2/c1-2-11-6-3-4-8-13(11)16-14(17)15-10-12-7-5-9-18-12/h3-9H,2,10H2,1H3,(H2,15,16,17). The van der Waals surface area contributed by atoms with Crippen LogP contribution in [0.25, 0.3) is 0 Å². The summed E-state index contributed by atoms with van der Waals surface area (Å²) < 4.78 is 5.14. The van der Waals surface area contributed by atoms with Gasteiger partial charge in [-0.15, -0.1) is 0 Å². The predicted octanol–water partition coefficient (Wildman–Crippen LogP) is 3.16. The molecule has 2 rings (SSSR count). The molecule has 18 heavy (non-hydrogen) atoms. The predicted molar refractivity (Wildman–Crippen MR) is 70.4 cm³/mol. The number of amides is 2. The summed E-state index contributed by atoms with van der Waals surface area (Å²) in [4.78, 5) is 11.7. The Kier molecular flexibility index (Phi) is 4.02. The van der Waals surface area contributed by atoms with Crippen LogP contribution < -0.4 is 10.6 Å². The van der Waals surface area contributed by atoms with Crippen LogP contribution in [0.5, 0.6) is 0 Å². The van der Waals surface area contributed by atoms with Gasteiger partial charge in [0.05, 0.1) is 12.8 Å². The molecule has 1 aromatic heterocycles. The lowest BCUT2D eigenvalue weighted by Gasteiger charge is -2.10. The molecular formula is C14H16N2O2. The zero-order chi connectivity index (χ0) is 12.8. The summed E-state index contributed by atoms with van der Waals surface area (Å²) in [7, 11) is 0. The largest absolute Gasteiger partial charge is 0.467 e. The van der Waals surface area contributed by atoms with Crippen molar-refractivity contribution in [2.24, 2.45) is 0 Å². The zero-order valence-corrected chi connectivity index (χ0v) is 10.3. The molecule has 0 aliphatic carbocycles. The SMILES string of the molecule is CCc1ccccc1NC(=O)NCc1ccco1. The summed E-state index contributed by atoms with van der Waals surface area (Å²) in [5.41, 5.74) is 1.96. The van der Waals surface area contributed by atoms with Gasteiger partial charge in [-0.2, -0.15) is 0 Å². The van der Waals surface area contributed by atoms with Gasteiger partial charge in [-0.3, -0.25) is 0 Å². The van der Waals surface area contributed by atoms with Gasteiger partial charge in [-0.1, -0.05) is 25.1 Å². The van der Waals surface area contributed by atoms with Crippen molar-refractivity contribution in [1.82, 2.24) is 5.32 Å². The van der Waals surface area contributed by atoms with Crippen molar-refractivity contribution < 1.29 is 9.21 Å². The molecule has 2 N–H and O–H groups in total.